The molecule has 0 bridgehead atoms. The van der Waals surface area contributed by atoms with Crippen LogP contribution in [0.1, 0.15) is 0 Å². The fraction of sp³-hybridized carbons (Fsp3) is 0. The average Bonchev–Trinajstić information content (AvgIpc) is 3.78. The molecule has 9 aromatic carbocycles. The molecule has 0 fully saturated rings. The van der Waals surface area contributed by atoms with Crippen molar-refractivity contribution in [1.29, 1.82) is 0 Å². The van der Waals surface area contributed by atoms with E-state index in [2.05, 4.69) is 146 Å². The molecule has 2 nitrogen and oxygen atoms in total. The molecule has 11 rings (SSSR count). The summed E-state index contributed by atoms with van der Waals surface area (Å²) in [5, 5.41) is 15.6. The molecule has 0 saturated heterocycles. The molecule has 0 radical (unpaired) electrons. The first-order valence-electron chi connectivity index (χ1n) is 16.4. The van der Waals surface area contributed by atoms with Gasteiger partial charge >= 0.3 is 0 Å². The van der Waals surface area contributed by atoms with Crippen LogP contribution in [0, 0.1) is 0 Å². The van der Waals surface area contributed by atoms with E-state index >= 15 is 0 Å². The van der Waals surface area contributed by atoms with Gasteiger partial charge in [-0.25, -0.2) is 0 Å². The van der Waals surface area contributed by atoms with Crippen LogP contribution in [0.5, 0.6) is 0 Å². The Morgan fingerprint density at radius 2 is 0.917 bits per heavy atom. The van der Waals surface area contributed by atoms with Crippen molar-refractivity contribution in [2.75, 3.05) is 0 Å². The van der Waals surface area contributed by atoms with Gasteiger partial charge in [0.2, 0.25) is 0 Å². The van der Waals surface area contributed by atoms with E-state index in [1.165, 1.54) is 70.6 Å². The van der Waals surface area contributed by atoms with E-state index in [0.717, 1.165) is 38.5 Å². The lowest BCUT2D eigenvalue weighted by molar-refractivity contribution is 0.616. The van der Waals surface area contributed by atoms with E-state index in [1.807, 2.05) is 6.07 Å². The molecule has 0 amide bonds. The Balaban J connectivity index is 1.29. The molecule has 11 aromatic rings. The Hall–Kier alpha value is -6.38. The second kappa shape index (κ2) is 9.57. The zero-order chi connectivity index (χ0) is 31.3. The standard InChI is InChI=1S/C46H26O2/c1-2-12-31-29(10-1)30-11-3-4-13-32(30)45-37(31)22-23-39-44-38(18-9-19-40(44)48-46(39)45)43-35-16-7-5-14-33(35)42(34-15-6-8-17-36(34)43)28-21-20-27-24-25-47-41(27)26-28/h1-26H. The van der Waals surface area contributed by atoms with Crippen molar-refractivity contribution in [3.8, 4) is 22.3 Å². The van der Waals surface area contributed by atoms with Crippen molar-refractivity contribution in [1.82, 2.24) is 0 Å². The topological polar surface area (TPSA) is 26.3 Å². The maximum Gasteiger partial charge on any atom is 0.143 e. The van der Waals surface area contributed by atoms with E-state index in [1.54, 1.807) is 6.26 Å². The highest BCUT2D eigenvalue weighted by Crippen LogP contribution is 2.49. The van der Waals surface area contributed by atoms with Crippen LogP contribution in [0.4, 0.5) is 0 Å². The highest BCUT2D eigenvalue weighted by atomic mass is 16.3. The number of fused-ring (bicyclic) bond motifs is 13. The molecule has 48 heavy (non-hydrogen) atoms. The second-order valence-electron chi connectivity index (χ2n) is 12.8. The number of hydrogen-bond donors (Lipinski definition) is 0. The Morgan fingerprint density at radius 3 is 1.60 bits per heavy atom. The van der Waals surface area contributed by atoms with Gasteiger partial charge < -0.3 is 8.83 Å². The first kappa shape index (κ1) is 25.8. The van der Waals surface area contributed by atoms with E-state index in [0.29, 0.717) is 0 Å². The third-order valence-electron chi connectivity index (χ3n) is 10.3. The highest BCUT2D eigenvalue weighted by molar-refractivity contribution is 6.34. The number of rotatable bonds is 2. The normalized spacial score (nSPS) is 12.2. The van der Waals surface area contributed by atoms with Crippen molar-refractivity contribution >= 4 is 86.8 Å². The van der Waals surface area contributed by atoms with Gasteiger partial charge in [0.25, 0.3) is 0 Å². The summed E-state index contributed by atoms with van der Waals surface area (Å²) in [5.41, 5.74) is 7.50. The molecule has 0 spiro atoms. The fourth-order valence-corrected chi connectivity index (χ4v) is 8.32. The molecule has 2 aromatic heterocycles. The minimum Gasteiger partial charge on any atom is -0.464 e. The number of benzene rings is 9. The second-order valence-corrected chi connectivity index (χ2v) is 12.8. The monoisotopic (exact) mass is 610 g/mol. The maximum absolute atomic E-state index is 6.92. The van der Waals surface area contributed by atoms with Crippen molar-refractivity contribution in [2.45, 2.75) is 0 Å². The van der Waals surface area contributed by atoms with E-state index in [4.69, 9.17) is 8.83 Å². The Kier molecular flexibility index (Phi) is 5.14. The Bertz CT molecular complexity index is 3030. The molecule has 0 aliphatic rings. The Labute approximate surface area is 275 Å². The Morgan fingerprint density at radius 1 is 0.354 bits per heavy atom. The van der Waals surface area contributed by atoms with E-state index in [9.17, 15) is 0 Å². The molecule has 0 saturated carbocycles. The molecule has 0 aliphatic carbocycles. The summed E-state index contributed by atoms with van der Waals surface area (Å²) in [6, 6.07) is 54.7. The number of furan rings is 2. The summed E-state index contributed by atoms with van der Waals surface area (Å²) < 4.78 is 12.8. The van der Waals surface area contributed by atoms with Crippen molar-refractivity contribution in [3.05, 3.63) is 158 Å². The quantitative estimate of drug-likeness (QED) is 0.144. The van der Waals surface area contributed by atoms with Gasteiger partial charge in [0.15, 0.2) is 0 Å². The van der Waals surface area contributed by atoms with Crippen molar-refractivity contribution in [2.24, 2.45) is 0 Å². The van der Waals surface area contributed by atoms with Gasteiger partial charge in [-0.1, -0.05) is 127 Å². The summed E-state index contributed by atoms with van der Waals surface area (Å²) in [4.78, 5) is 0. The zero-order valence-electron chi connectivity index (χ0n) is 25.8. The van der Waals surface area contributed by atoms with Gasteiger partial charge in [0.1, 0.15) is 16.7 Å². The van der Waals surface area contributed by atoms with Gasteiger partial charge in [0, 0.05) is 21.5 Å². The predicted molar refractivity (Wildman–Crippen MR) is 202 cm³/mol. The van der Waals surface area contributed by atoms with Crippen LogP contribution in [0.3, 0.4) is 0 Å². The molecule has 222 valence electrons. The number of hydrogen-bond acceptors (Lipinski definition) is 2. The molecular formula is C46H26O2. The first-order valence-corrected chi connectivity index (χ1v) is 16.4. The van der Waals surface area contributed by atoms with Crippen LogP contribution in [0.25, 0.3) is 109 Å². The maximum atomic E-state index is 6.92. The van der Waals surface area contributed by atoms with Crippen molar-refractivity contribution < 1.29 is 8.83 Å². The smallest absolute Gasteiger partial charge is 0.143 e. The predicted octanol–water partition coefficient (Wildman–Crippen LogP) is 13.4. The van der Waals surface area contributed by atoms with Gasteiger partial charge in [-0.05, 0) is 95.0 Å². The molecule has 0 N–H and O–H groups in total. The summed E-state index contributed by atoms with van der Waals surface area (Å²) in [6.45, 7) is 0. The highest BCUT2D eigenvalue weighted by Gasteiger charge is 2.22. The molecule has 0 aliphatic heterocycles. The van der Waals surface area contributed by atoms with E-state index < -0.39 is 0 Å². The lowest BCUT2D eigenvalue weighted by atomic mass is 9.84. The molecule has 2 heteroatoms. The van der Waals surface area contributed by atoms with E-state index in [-0.39, 0.29) is 0 Å². The summed E-state index contributed by atoms with van der Waals surface area (Å²) in [5.74, 6) is 0. The van der Waals surface area contributed by atoms with Gasteiger partial charge in [-0.3, -0.25) is 0 Å². The molecule has 0 unspecified atom stereocenters. The van der Waals surface area contributed by atoms with Crippen LogP contribution in [-0.2, 0) is 0 Å². The molecule has 2 heterocycles. The summed E-state index contributed by atoms with van der Waals surface area (Å²) in [7, 11) is 0. The van der Waals surface area contributed by atoms with Crippen molar-refractivity contribution in [3.63, 3.8) is 0 Å². The molecule has 0 atom stereocenters. The summed E-state index contributed by atoms with van der Waals surface area (Å²) in [6.07, 6.45) is 1.76. The average molecular weight is 611 g/mol. The first-order chi connectivity index (χ1) is 23.8. The van der Waals surface area contributed by atoms with Gasteiger partial charge in [-0.2, -0.15) is 0 Å². The van der Waals surface area contributed by atoms with Crippen LogP contribution in [-0.4, -0.2) is 0 Å². The SMILES string of the molecule is c1cc(-c2c3ccccc3c(-c3ccc4ccoc4c3)c3ccccc23)c2c(c1)oc1c2ccc2c3ccccc3c3ccccc3c21. The van der Waals surface area contributed by atoms with Gasteiger partial charge in [0.05, 0.1) is 6.26 Å². The summed E-state index contributed by atoms with van der Waals surface area (Å²) >= 11 is 0. The third kappa shape index (κ3) is 3.41. The zero-order valence-corrected chi connectivity index (χ0v) is 25.8. The minimum atomic E-state index is 0.895. The fourth-order valence-electron chi connectivity index (χ4n) is 8.32. The lowest BCUT2D eigenvalue weighted by Gasteiger charge is -2.18. The third-order valence-corrected chi connectivity index (χ3v) is 10.3. The van der Waals surface area contributed by atoms with Crippen LogP contribution < -0.4 is 0 Å². The molecular weight excluding hydrogens is 585 g/mol. The minimum absolute atomic E-state index is 0.895. The van der Waals surface area contributed by atoms with Crippen LogP contribution in [0.15, 0.2) is 167 Å². The lowest BCUT2D eigenvalue weighted by Crippen LogP contribution is -1.91. The van der Waals surface area contributed by atoms with Crippen LogP contribution in [0.2, 0.25) is 0 Å². The van der Waals surface area contributed by atoms with Crippen LogP contribution >= 0.6 is 0 Å². The van der Waals surface area contributed by atoms with Gasteiger partial charge in [-0.15, -0.1) is 0 Å². The largest absolute Gasteiger partial charge is 0.464 e.